The van der Waals surface area contributed by atoms with E-state index in [9.17, 15) is 0 Å². The normalized spacial score (nSPS) is 26.1. The summed E-state index contributed by atoms with van der Waals surface area (Å²) in [6.07, 6.45) is 9.50. The molecule has 0 amide bonds. The zero-order chi connectivity index (χ0) is 14.4. The van der Waals surface area contributed by atoms with Crippen molar-refractivity contribution in [1.29, 1.82) is 0 Å². The molecule has 0 radical (unpaired) electrons. The number of aromatic nitrogens is 1. The number of anilines is 1. The molecule has 0 fully saturated rings. The third kappa shape index (κ3) is 2.06. The number of hydrogen-bond acceptors (Lipinski definition) is 2. The second-order valence-corrected chi connectivity index (χ2v) is 6.38. The Morgan fingerprint density at radius 3 is 2.86 bits per heavy atom. The van der Waals surface area contributed by atoms with E-state index >= 15 is 0 Å². The van der Waals surface area contributed by atoms with E-state index in [1.54, 1.807) is 0 Å². The van der Waals surface area contributed by atoms with E-state index in [1.807, 2.05) is 18.5 Å². The van der Waals surface area contributed by atoms with Crippen molar-refractivity contribution in [2.45, 2.75) is 25.3 Å². The lowest BCUT2D eigenvalue weighted by Gasteiger charge is -2.38. The molecule has 1 N–H and O–H groups in total. The van der Waals surface area contributed by atoms with Crippen LogP contribution in [-0.2, 0) is 0 Å². The van der Waals surface area contributed by atoms with Crippen LogP contribution in [0.15, 0.2) is 48.8 Å². The van der Waals surface area contributed by atoms with Crippen molar-refractivity contribution < 1.29 is 0 Å². The zero-order valence-electron chi connectivity index (χ0n) is 11.9. The molecule has 2 aromatic rings. The van der Waals surface area contributed by atoms with Crippen molar-refractivity contribution in [1.82, 2.24) is 4.98 Å². The van der Waals surface area contributed by atoms with Crippen LogP contribution >= 0.6 is 11.6 Å². The minimum Gasteiger partial charge on any atom is -0.377 e. The first-order valence-electron chi connectivity index (χ1n) is 7.37. The molecule has 0 unspecified atom stereocenters. The van der Waals surface area contributed by atoms with Crippen molar-refractivity contribution in [3.8, 4) is 0 Å². The SMILES string of the molecule is Cc1cc(Cl)cc2c1N[C@H](c1ccncc1)[C@@H]1CC=C[C@@H]21. The van der Waals surface area contributed by atoms with Gasteiger partial charge >= 0.3 is 0 Å². The predicted molar refractivity (Wildman–Crippen MR) is 86.8 cm³/mol. The van der Waals surface area contributed by atoms with Gasteiger partial charge in [-0.05, 0) is 60.2 Å². The summed E-state index contributed by atoms with van der Waals surface area (Å²) in [5.74, 6) is 1.01. The molecule has 2 nitrogen and oxygen atoms in total. The van der Waals surface area contributed by atoms with Crippen molar-refractivity contribution >= 4 is 17.3 Å². The Morgan fingerprint density at radius 1 is 1.24 bits per heavy atom. The van der Waals surface area contributed by atoms with Gasteiger partial charge in [0.25, 0.3) is 0 Å². The van der Waals surface area contributed by atoms with Gasteiger partial charge in [-0.25, -0.2) is 0 Å². The van der Waals surface area contributed by atoms with Crippen LogP contribution < -0.4 is 5.32 Å². The monoisotopic (exact) mass is 296 g/mol. The predicted octanol–water partition coefficient (Wildman–Crippen LogP) is 4.87. The van der Waals surface area contributed by atoms with Crippen molar-refractivity contribution in [3.63, 3.8) is 0 Å². The fourth-order valence-corrected chi connectivity index (χ4v) is 4.02. The molecule has 1 aliphatic carbocycles. The summed E-state index contributed by atoms with van der Waals surface area (Å²) in [5, 5.41) is 4.58. The number of nitrogens with zero attached hydrogens (tertiary/aromatic N) is 1. The molecular formula is C18H17ClN2. The quantitative estimate of drug-likeness (QED) is 0.759. The van der Waals surface area contributed by atoms with Crippen molar-refractivity contribution in [3.05, 3.63) is 70.5 Å². The van der Waals surface area contributed by atoms with Gasteiger partial charge in [-0.2, -0.15) is 0 Å². The number of nitrogens with one attached hydrogen (secondary N) is 1. The Bertz CT molecular complexity index is 709. The molecule has 2 aliphatic rings. The maximum absolute atomic E-state index is 6.27. The number of aryl methyl sites for hydroxylation is 1. The van der Waals surface area contributed by atoms with Gasteiger partial charge in [0, 0.05) is 29.0 Å². The van der Waals surface area contributed by atoms with Crippen LogP contribution in [0.25, 0.3) is 0 Å². The topological polar surface area (TPSA) is 24.9 Å². The Balaban J connectivity index is 1.84. The van der Waals surface area contributed by atoms with Crippen LogP contribution in [0.2, 0.25) is 5.02 Å². The Hall–Kier alpha value is -1.80. The van der Waals surface area contributed by atoms with E-state index in [-0.39, 0.29) is 0 Å². The number of rotatable bonds is 1. The Kier molecular flexibility index (Phi) is 3.00. The summed E-state index contributed by atoms with van der Waals surface area (Å²) in [6.45, 7) is 2.13. The summed E-state index contributed by atoms with van der Waals surface area (Å²) in [5.41, 5.74) is 5.11. The van der Waals surface area contributed by atoms with Gasteiger partial charge in [0.2, 0.25) is 0 Å². The molecule has 3 heteroatoms. The highest BCUT2D eigenvalue weighted by Crippen LogP contribution is 2.51. The lowest BCUT2D eigenvalue weighted by atomic mass is 9.76. The molecule has 0 bridgehead atoms. The fourth-order valence-electron chi connectivity index (χ4n) is 3.74. The molecule has 21 heavy (non-hydrogen) atoms. The van der Waals surface area contributed by atoms with Gasteiger partial charge in [0.15, 0.2) is 0 Å². The average Bonchev–Trinajstić information content (AvgIpc) is 2.97. The third-order valence-electron chi connectivity index (χ3n) is 4.70. The molecule has 106 valence electrons. The van der Waals surface area contributed by atoms with Crippen LogP contribution in [-0.4, -0.2) is 4.98 Å². The molecule has 0 saturated carbocycles. The summed E-state index contributed by atoms with van der Waals surface area (Å²) in [7, 11) is 0. The largest absolute Gasteiger partial charge is 0.377 e. The molecule has 1 aromatic carbocycles. The second-order valence-electron chi connectivity index (χ2n) is 5.94. The molecule has 1 aromatic heterocycles. The number of halogens is 1. The Morgan fingerprint density at radius 2 is 2.05 bits per heavy atom. The smallest absolute Gasteiger partial charge is 0.0555 e. The first kappa shape index (κ1) is 12.9. The summed E-state index contributed by atoms with van der Waals surface area (Å²) in [4.78, 5) is 4.14. The minimum absolute atomic E-state index is 0.334. The van der Waals surface area contributed by atoms with Crippen molar-refractivity contribution in [2.75, 3.05) is 5.32 Å². The van der Waals surface area contributed by atoms with Gasteiger partial charge in [-0.1, -0.05) is 23.8 Å². The first-order chi connectivity index (χ1) is 10.2. The van der Waals surface area contributed by atoms with Crippen LogP contribution in [0.4, 0.5) is 5.69 Å². The van der Waals surface area contributed by atoms with Crippen molar-refractivity contribution in [2.24, 2.45) is 5.92 Å². The van der Waals surface area contributed by atoms with Gasteiger partial charge in [-0.3, -0.25) is 4.98 Å². The number of hydrogen-bond donors (Lipinski definition) is 1. The molecule has 3 atom stereocenters. The van der Waals surface area contributed by atoms with Crippen LogP contribution in [0, 0.1) is 12.8 Å². The summed E-state index contributed by atoms with van der Waals surface area (Å²) < 4.78 is 0. The Labute approximate surface area is 129 Å². The average molecular weight is 297 g/mol. The summed E-state index contributed by atoms with van der Waals surface area (Å²) in [6, 6.07) is 8.72. The first-order valence-corrected chi connectivity index (χ1v) is 7.75. The third-order valence-corrected chi connectivity index (χ3v) is 4.91. The van der Waals surface area contributed by atoms with E-state index in [1.165, 1.54) is 22.4 Å². The maximum Gasteiger partial charge on any atom is 0.0555 e. The van der Waals surface area contributed by atoms with Crippen LogP contribution in [0.3, 0.4) is 0 Å². The van der Waals surface area contributed by atoms with Crippen LogP contribution in [0.5, 0.6) is 0 Å². The van der Waals surface area contributed by atoms with Crippen LogP contribution in [0.1, 0.15) is 35.1 Å². The molecule has 4 rings (SSSR count). The minimum atomic E-state index is 0.334. The molecule has 1 aliphatic heterocycles. The number of fused-ring (bicyclic) bond motifs is 3. The highest BCUT2D eigenvalue weighted by atomic mass is 35.5. The van der Waals surface area contributed by atoms with E-state index in [0.29, 0.717) is 17.9 Å². The van der Waals surface area contributed by atoms with Gasteiger partial charge < -0.3 is 5.32 Å². The lowest BCUT2D eigenvalue weighted by Crippen LogP contribution is -2.29. The van der Waals surface area contributed by atoms with E-state index in [2.05, 4.69) is 47.6 Å². The van der Waals surface area contributed by atoms with E-state index < -0.39 is 0 Å². The highest BCUT2D eigenvalue weighted by Gasteiger charge is 2.38. The highest BCUT2D eigenvalue weighted by molar-refractivity contribution is 6.30. The van der Waals surface area contributed by atoms with Gasteiger partial charge in [0.05, 0.1) is 6.04 Å². The van der Waals surface area contributed by atoms with Gasteiger partial charge in [-0.15, -0.1) is 0 Å². The standard InChI is InChI=1S/C18H17ClN2/c1-11-9-13(19)10-16-14-3-2-4-15(14)18(21-17(11)16)12-5-7-20-8-6-12/h2-3,5-10,14-15,18,21H,4H2,1H3/t14-,15-,18-/m1/s1. The van der Waals surface area contributed by atoms with E-state index in [4.69, 9.17) is 11.6 Å². The van der Waals surface area contributed by atoms with E-state index in [0.717, 1.165) is 11.4 Å². The number of benzene rings is 1. The second kappa shape index (κ2) is 4.88. The molecule has 0 saturated heterocycles. The molecule has 2 heterocycles. The summed E-state index contributed by atoms with van der Waals surface area (Å²) >= 11 is 6.27. The maximum atomic E-state index is 6.27. The molecular weight excluding hydrogens is 280 g/mol. The van der Waals surface area contributed by atoms with Gasteiger partial charge in [0.1, 0.15) is 0 Å². The lowest BCUT2D eigenvalue weighted by molar-refractivity contribution is 0.425. The number of pyridine rings is 1. The number of allylic oxidation sites excluding steroid dienone is 2. The molecule has 0 spiro atoms. The fraction of sp³-hybridized carbons (Fsp3) is 0.278. The zero-order valence-corrected chi connectivity index (χ0v) is 12.6.